The van der Waals surface area contributed by atoms with Gasteiger partial charge in [-0.1, -0.05) is 35.9 Å². The summed E-state index contributed by atoms with van der Waals surface area (Å²) in [4.78, 5) is 18.5. The van der Waals surface area contributed by atoms with Crippen molar-refractivity contribution in [2.45, 2.75) is 13.0 Å². The van der Waals surface area contributed by atoms with Crippen molar-refractivity contribution in [1.29, 1.82) is 0 Å². The van der Waals surface area contributed by atoms with Crippen LogP contribution < -0.4 is 10.2 Å². The monoisotopic (exact) mass is 395 g/mol. The van der Waals surface area contributed by atoms with Gasteiger partial charge in [0.2, 0.25) is 5.95 Å². The van der Waals surface area contributed by atoms with Crippen LogP contribution in [0.3, 0.4) is 0 Å². The number of aromatic nitrogens is 3. The number of benzene rings is 2. The minimum atomic E-state index is -0.445. The number of carbonyl (C=O) groups is 1. The molecule has 0 saturated carbocycles. The third-order valence-electron chi connectivity index (χ3n) is 4.63. The second-order valence-electron chi connectivity index (χ2n) is 6.39. The number of ether oxygens (including phenoxy) is 1. The Morgan fingerprint density at radius 1 is 1.21 bits per heavy atom. The first kappa shape index (κ1) is 18.2. The summed E-state index contributed by atoms with van der Waals surface area (Å²) in [5, 5.41) is 11.6. The summed E-state index contributed by atoms with van der Waals surface area (Å²) >= 11 is 6.24. The molecule has 2 aromatic carbocycles. The lowest BCUT2D eigenvalue weighted by molar-refractivity contribution is 0.0601. The zero-order chi connectivity index (χ0) is 19.5. The average molecular weight is 396 g/mol. The number of anilines is 3. The molecule has 3 aromatic rings. The summed E-state index contributed by atoms with van der Waals surface area (Å²) < 4.78 is 4.75. The van der Waals surface area contributed by atoms with Crippen LogP contribution >= 0.6 is 11.6 Å². The van der Waals surface area contributed by atoms with Crippen molar-refractivity contribution in [3.8, 4) is 0 Å². The Kier molecular flexibility index (Phi) is 5.08. The Labute approximate surface area is 167 Å². The van der Waals surface area contributed by atoms with E-state index in [0.717, 1.165) is 25.3 Å². The molecule has 7 nitrogen and oxygen atoms in total. The number of rotatable bonds is 4. The highest BCUT2D eigenvalue weighted by atomic mass is 35.5. The molecule has 4 rings (SSSR count). The molecule has 142 valence electrons. The largest absolute Gasteiger partial charge is 0.465 e. The number of nitrogens with zero attached hydrogens (tertiary/aromatic N) is 4. The molecule has 0 spiro atoms. The zero-order valence-corrected chi connectivity index (χ0v) is 16.0. The molecule has 0 radical (unpaired) electrons. The fourth-order valence-electron chi connectivity index (χ4n) is 3.18. The number of halogens is 1. The quantitative estimate of drug-likeness (QED) is 0.676. The molecule has 28 heavy (non-hydrogen) atoms. The van der Waals surface area contributed by atoms with Gasteiger partial charge in [0.1, 0.15) is 0 Å². The van der Waals surface area contributed by atoms with E-state index in [1.807, 2.05) is 6.07 Å². The van der Waals surface area contributed by atoms with Crippen molar-refractivity contribution in [3.05, 3.63) is 70.4 Å². The van der Waals surface area contributed by atoms with E-state index in [1.54, 1.807) is 24.4 Å². The number of fused-ring (bicyclic) bond motifs is 1. The van der Waals surface area contributed by atoms with Crippen LogP contribution in [0.25, 0.3) is 0 Å². The summed E-state index contributed by atoms with van der Waals surface area (Å²) in [6.45, 7) is 1.63. The summed E-state index contributed by atoms with van der Waals surface area (Å²) in [7, 11) is 1.33. The smallest absolute Gasteiger partial charge is 0.337 e. The molecule has 8 heteroatoms. The van der Waals surface area contributed by atoms with E-state index in [-0.39, 0.29) is 0 Å². The first-order valence-corrected chi connectivity index (χ1v) is 9.18. The van der Waals surface area contributed by atoms with E-state index in [2.05, 4.69) is 43.6 Å². The van der Waals surface area contributed by atoms with E-state index in [9.17, 15) is 4.79 Å². The highest BCUT2D eigenvalue weighted by Gasteiger charge is 2.18. The molecule has 0 saturated heterocycles. The maximum absolute atomic E-state index is 11.7. The summed E-state index contributed by atoms with van der Waals surface area (Å²) in [5.41, 5.74) is 3.54. The summed E-state index contributed by atoms with van der Waals surface area (Å²) in [6.07, 6.45) is 2.60. The molecule has 2 heterocycles. The van der Waals surface area contributed by atoms with Crippen LogP contribution in [-0.2, 0) is 17.7 Å². The molecular formula is C20H18ClN5O2. The minimum Gasteiger partial charge on any atom is -0.465 e. The van der Waals surface area contributed by atoms with Crippen molar-refractivity contribution in [1.82, 2.24) is 15.2 Å². The van der Waals surface area contributed by atoms with Gasteiger partial charge in [0.25, 0.3) is 0 Å². The van der Waals surface area contributed by atoms with Gasteiger partial charge in [-0.05, 0) is 35.7 Å². The molecule has 1 aliphatic heterocycles. The highest BCUT2D eigenvalue weighted by molar-refractivity contribution is 6.33. The van der Waals surface area contributed by atoms with Crippen LogP contribution in [-0.4, -0.2) is 34.8 Å². The van der Waals surface area contributed by atoms with Gasteiger partial charge in [0.15, 0.2) is 5.82 Å². The van der Waals surface area contributed by atoms with Gasteiger partial charge in [-0.25, -0.2) is 4.79 Å². The topological polar surface area (TPSA) is 80.2 Å². The van der Waals surface area contributed by atoms with E-state index < -0.39 is 5.97 Å². The normalized spacial score (nSPS) is 13.0. The van der Waals surface area contributed by atoms with E-state index in [0.29, 0.717) is 22.2 Å². The second-order valence-corrected chi connectivity index (χ2v) is 6.80. The Hall–Kier alpha value is -3.19. The lowest BCUT2D eigenvalue weighted by Crippen LogP contribution is -2.31. The van der Waals surface area contributed by atoms with Crippen LogP contribution in [0.1, 0.15) is 21.5 Å². The molecule has 0 amide bonds. The Morgan fingerprint density at radius 2 is 2.04 bits per heavy atom. The van der Waals surface area contributed by atoms with Crippen LogP contribution in [0.5, 0.6) is 0 Å². The molecule has 1 aliphatic rings. The number of carbonyl (C=O) groups excluding carboxylic acids is 1. The molecule has 0 fully saturated rings. The summed E-state index contributed by atoms with van der Waals surface area (Å²) in [5.74, 6) is 0.590. The first-order valence-electron chi connectivity index (χ1n) is 8.80. The number of esters is 1. The molecule has 0 atom stereocenters. The maximum Gasteiger partial charge on any atom is 0.337 e. The molecule has 1 N–H and O–H groups in total. The van der Waals surface area contributed by atoms with Crippen molar-refractivity contribution >= 4 is 35.0 Å². The lowest BCUT2D eigenvalue weighted by Gasteiger charge is -2.29. The van der Waals surface area contributed by atoms with Gasteiger partial charge in [-0.3, -0.25) is 0 Å². The van der Waals surface area contributed by atoms with Gasteiger partial charge < -0.3 is 15.0 Å². The Morgan fingerprint density at radius 3 is 2.86 bits per heavy atom. The van der Waals surface area contributed by atoms with Gasteiger partial charge >= 0.3 is 5.97 Å². The highest BCUT2D eigenvalue weighted by Crippen LogP contribution is 2.27. The van der Waals surface area contributed by atoms with Crippen molar-refractivity contribution in [3.63, 3.8) is 0 Å². The van der Waals surface area contributed by atoms with Gasteiger partial charge in [-0.15, -0.1) is 5.10 Å². The Bertz CT molecular complexity index is 1030. The van der Waals surface area contributed by atoms with Crippen LogP contribution in [0, 0.1) is 0 Å². The Balaban J connectivity index is 1.56. The van der Waals surface area contributed by atoms with Gasteiger partial charge in [0, 0.05) is 13.1 Å². The molecular weight excluding hydrogens is 378 g/mol. The molecule has 0 bridgehead atoms. The third-order valence-corrected chi connectivity index (χ3v) is 4.96. The minimum absolute atomic E-state index is 0.306. The molecule has 0 unspecified atom stereocenters. The van der Waals surface area contributed by atoms with Gasteiger partial charge in [-0.2, -0.15) is 10.1 Å². The zero-order valence-electron chi connectivity index (χ0n) is 15.2. The van der Waals surface area contributed by atoms with Crippen molar-refractivity contribution < 1.29 is 9.53 Å². The average Bonchev–Trinajstić information content (AvgIpc) is 2.74. The number of hydrogen-bond acceptors (Lipinski definition) is 7. The van der Waals surface area contributed by atoms with Crippen molar-refractivity contribution in [2.24, 2.45) is 0 Å². The SMILES string of the molecule is COC(=O)c1ccc(Cl)c(Nc2nncc(N3CCc4ccccc4C3)n2)c1. The fraction of sp³-hybridized carbons (Fsp3) is 0.200. The van der Waals surface area contributed by atoms with E-state index >= 15 is 0 Å². The predicted molar refractivity (Wildman–Crippen MR) is 107 cm³/mol. The summed E-state index contributed by atoms with van der Waals surface area (Å²) in [6, 6.07) is 13.2. The fourth-order valence-corrected chi connectivity index (χ4v) is 3.34. The van der Waals surface area contributed by atoms with Crippen molar-refractivity contribution in [2.75, 3.05) is 23.9 Å². The lowest BCUT2D eigenvalue weighted by atomic mass is 10.0. The van der Waals surface area contributed by atoms with Crippen LogP contribution in [0.15, 0.2) is 48.7 Å². The predicted octanol–water partition coefficient (Wildman–Crippen LogP) is 3.62. The van der Waals surface area contributed by atoms with Gasteiger partial charge in [0.05, 0.1) is 29.6 Å². The van der Waals surface area contributed by atoms with E-state index in [4.69, 9.17) is 16.3 Å². The first-order chi connectivity index (χ1) is 13.6. The molecule has 0 aliphatic carbocycles. The third kappa shape index (κ3) is 3.75. The second kappa shape index (κ2) is 7.82. The van der Waals surface area contributed by atoms with E-state index in [1.165, 1.54) is 18.2 Å². The van der Waals surface area contributed by atoms with Crippen LogP contribution in [0.4, 0.5) is 17.5 Å². The standard InChI is InChI=1S/C20H18ClN5O2/c1-28-19(27)14-6-7-16(21)17(10-14)23-20-24-18(11-22-25-20)26-9-8-13-4-2-3-5-15(13)12-26/h2-7,10-11H,8-9,12H2,1H3,(H,23,24,25). The number of nitrogens with one attached hydrogen (secondary N) is 1. The maximum atomic E-state index is 11.7. The molecule has 1 aromatic heterocycles. The number of methoxy groups -OCH3 is 1. The van der Waals surface area contributed by atoms with Crippen LogP contribution in [0.2, 0.25) is 5.02 Å². The number of hydrogen-bond donors (Lipinski definition) is 1.